The van der Waals surface area contributed by atoms with Gasteiger partial charge in [0.05, 0.1) is 24.9 Å². The maximum atomic E-state index is 12.5. The van der Waals surface area contributed by atoms with Crippen LogP contribution in [0, 0.1) is 0 Å². The van der Waals surface area contributed by atoms with Crippen LogP contribution in [0.3, 0.4) is 0 Å². The van der Waals surface area contributed by atoms with E-state index in [-0.39, 0.29) is 5.91 Å². The minimum atomic E-state index is -0.316. The molecule has 8 heteroatoms. The van der Waals surface area contributed by atoms with E-state index in [4.69, 9.17) is 21.1 Å². The molecule has 0 saturated heterocycles. The Balaban J connectivity index is 1.86. The van der Waals surface area contributed by atoms with Gasteiger partial charge in [-0.3, -0.25) is 9.36 Å². The number of rotatable bonds is 5. The molecule has 3 rings (SSSR count). The van der Waals surface area contributed by atoms with Crippen molar-refractivity contribution in [3.05, 3.63) is 59.6 Å². The Hall–Kier alpha value is -3.06. The summed E-state index contributed by atoms with van der Waals surface area (Å²) in [6.45, 7) is 0. The van der Waals surface area contributed by atoms with Crippen molar-refractivity contribution in [1.82, 2.24) is 14.8 Å². The molecule has 1 heterocycles. The minimum Gasteiger partial charge on any atom is -0.493 e. The summed E-state index contributed by atoms with van der Waals surface area (Å²) >= 11 is 6.15. The number of benzene rings is 2. The lowest BCUT2D eigenvalue weighted by molar-refractivity contribution is 0.102. The van der Waals surface area contributed by atoms with Gasteiger partial charge in [0.15, 0.2) is 11.5 Å². The highest BCUT2D eigenvalue weighted by Gasteiger charge is 2.15. The van der Waals surface area contributed by atoms with Crippen LogP contribution in [-0.4, -0.2) is 34.9 Å². The van der Waals surface area contributed by atoms with Crippen molar-refractivity contribution in [2.45, 2.75) is 0 Å². The van der Waals surface area contributed by atoms with E-state index in [0.29, 0.717) is 27.8 Å². The number of carbonyl (C=O) groups excluding carboxylic acids is 1. The van der Waals surface area contributed by atoms with Gasteiger partial charge in [-0.2, -0.15) is 0 Å². The lowest BCUT2D eigenvalue weighted by atomic mass is 10.1. The van der Waals surface area contributed by atoms with Crippen molar-refractivity contribution in [2.75, 3.05) is 19.5 Å². The van der Waals surface area contributed by atoms with Crippen molar-refractivity contribution in [2.24, 2.45) is 0 Å². The summed E-state index contributed by atoms with van der Waals surface area (Å²) in [5.41, 5.74) is 1.81. The van der Waals surface area contributed by atoms with E-state index < -0.39 is 0 Å². The maximum Gasteiger partial charge on any atom is 0.255 e. The molecule has 1 aromatic heterocycles. The van der Waals surface area contributed by atoms with Gasteiger partial charge < -0.3 is 14.8 Å². The zero-order valence-electron chi connectivity index (χ0n) is 13.6. The zero-order valence-corrected chi connectivity index (χ0v) is 14.3. The highest BCUT2D eigenvalue weighted by Crippen LogP contribution is 2.36. The number of hydrogen-bond acceptors (Lipinski definition) is 5. The second-order valence-corrected chi connectivity index (χ2v) is 5.47. The van der Waals surface area contributed by atoms with Gasteiger partial charge in [0.2, 0.25) is 0 Å². The second kappa shape index (κ2) is 7.23. The summed E-state index contributed by atoms with van der Waals surface area (Å²) in [6.07, 6.45) is 3.16. The normalized spacial score (nSPS) is 10.4. The summed E-state index contributed by atoms with van der Waals surface area (Å²) in [5.74, 6) is 0.456. The molecule has 128 valence electrons. The monoisotopic (exact) mass is 358 g/mol. The Morgan fingerprint density at radius 2 is 1.88 bits per heavy atom. The molecule has 0 atom stereocenters. The molecule has 0 fully saturated rings. The van der Waals surface area contributed by atoms with E-state index in [1.807, 2.05) is 18.2 Å². The van der Waals surface area contributed by atoms with Gasteiger partial charge in [0.1, 0.15) is 12.7 Å². The highest BCUT2D eigenvalue weighted by molar-refractivity contribution is 6.32. The van der Waals surface area contributed by atoms with Crippen LogP contribution < -0.4 is 14.8 Å². The van der Waals surface area contributed by atoms with Gasteiger partial charge >= 0.3 is 0 Å². The Bertz CT molecular complexity index is 897. The van der Waals surface area contributed by atoms with Crippen molar-refractivity contribution in [1.29, 1.82) is 0 Å². The number of hydrogen-bond donors (Lipinski definition) is 1. The summed E-state index contributed by atoms with van der Waals surface area (Å²) in [5, 5.41) is 10.7. The summed E-state index contributed by atoms with van der Waals surface area (Å²) < 4.78 is 12.1. The molecule has 0 bridgehead atoms. The Kier molecular flexibility index (Phi) is 4.85. The summed E-state index contributed by atoms with van der Waals surface area (Å²) in [4.78, 5) is 12.5. The van der Waals surface area contributed by atoms with Crippen molar-refractivity contribution < 1.29 is 14.3 Å². The Morgan fingerprint density at radius 1 is 1.12 bits per heavy atom. The smallest absolute Gasteiger partial charge is 0.255 e. The van der Waals surface area contributed by atoms with Crippen LogP contribution in [0.4, 0.5) is 5.69 Å². The predicted octanol–water partition coefficient (Wildman–Crippen LogP) is 3.19. The zero-order chi connectivity index (χ0) is 17.8. The Labute approximate surface area is 149 Å². The molecule has 1 amide bonds. The van der Waals surface area contributed by atoms with Crippen LogP contribution in [-0.2, 0) is 0 Å². The molecular formula is C17H15ClN4O3. The third-order valence-electron chi connectivity index (χ3n) is 3.52. The molecule has 3 aromatic rings. The fourth-order valence-corrected chi connectivity index (χ4v) is 2.62. The number of anilines is 1. The number of nitrogens with one attached hydrogen (secondary N) is 1. The Morgan fingerprint density at radius 3 is 2.56 bits per heavy atom. The molecule has 0 aliphatic heterocycles. The number of carbonyl (C=O) groups is 1. The first-order chi connectivity index (χ1) is 12.1. The van der Waals surface area contributed by atoms with Crippen LogP contribution in [0.25, 0.3) is 5.69 Å². The second-order valence-electron chi connectivity index (χ2n) is 5.07. The summed E-state index contributed by atoms with van der Waals surface area (Å²) in [7, 11) is 2.97. The van der Waals surface area contributed by atoms with Crippen LogP contribution in [0.15, 0.2) is 49.1 Å². The number of nitrogens with zero attached hydrogens (tertiary/aromatic N) is 3. The van der Waals surface area contributed by atoms with E-state index in [0.717, 1.165) is 5.69 Å². The molecule has 0 aliphatic rings. The maximum absolute atomic E-state index is 12.5. The first-order valence-electron chi connectivity index (χ1n) is 7.30. The van der Waals surface area contributed by atoms with Crippen molar-refractivity contribution in [3.63, 3.8) is 0 Å². The first-order valence-corrected chi connectivity index (χ1v) is 7.68. The van der Waals surface area contributed by atoms with E-state index >= 15 is 0 Å². The average molecular weight is 359 g/mol. The molecule has 0 aliphatic carbocycles. The first kappa shape index (κ1) is 16.8. The van der Waals surface area contributed by atoms with E-state index in [9.17, 15) is 4.79 Å². The van der Waals surface area contributed by atoms with Crippen molar-refractivity contribution >= 4 is 23.2 Å². The number of methoxy groups -OCH3 is 2. The van der Waals surface area contributed by atoms with Crippen LogP contribution in [0.5, 0.6) is 11.5 Å². The minimum absolute atomic E-state index is 0.297. The van der Waals surface area contributed by atoms with Gasteiger partial charge in [-0.05, 0) is 30.3 Å². The number of amides is 1. The molecule has 7 nitrogen and oxygen atoms in total. The fourth-order valence-electron chi connectivity index (χ4n) is 2.33. The average Bonchev–Trinajstić information content (AvgIpc) is 3.15. The van der Waals surface area contributed by atoms with Gasteiger partial charge in [0, 0.05) is 11.3 Å². The van der Waals surface area contributed by atoms with Gasteiger partial charge in [-0.25, -0.2) is 0 Å². The number of ether oxygens (including phenoxy) is 2. The standard InChI is InChI=1S/C17H15ClN4O3/c1-24-15-7-11(6-14(18)16(15)25-2)17(23)21-12-4-3-5-13(8-12)22-9-19-20-10-22/h3-10H,1-2H3,(H,21,23). The number of halogens is 1. The third-order valence-corrected chi connectivity index (χ3v) is 3.80. The van der Waals surface area contributed by atoms with Crippen molar-refractivity contribution in [3.8, 4) is 17.2 Å². The largest absolute Gasteiger partial charge is 0.493 e. The lowest BCUT2D eigenvalue weighted by Gasteiger charge is -2.12. The fraction of sp³-hybridized carbons (Fsp3) is 0.118. The molecule has 1 N–H and O–H groups in total. The van der Waals surface area contributed by atoms with Crippen LogP contribution in [0.2, 0.25) is 5.02 Å². The topological polar surface area (TPSA) is 78.3 Å². The molecule has 0 spiro atoms. The number of aromatic nitrogens is 3. The molecule has 25 heavy (non-hydrogen) atoms. The van der Waals surface area contributed by atoms with Gasteiger partial charge in [0.25, 0.3) is 5.91 Å². The predicted molar refractivity (Wildman–Crippen MR) is 93.9 cm³/mol. The van der Waals surface area contributed by atoms with E-state index in [2.05, 4.69) is 15.5 Å². The van der Waals surface area contributed by atoms with Crippen LogP contribution >= 0.6 is 11.6 Å². The molecule has 0 radical (unpaired) electrons. The molecule has 0 unspecified atom stereocenters. The van der Waals surface area contributed by atoms with E-state index in [1.54, 1.807) is 29.4 Å². The third kappa shape index (κ3) is 3.56. The molecule has 0 saturated carbocycles. The highest BCUT2D eigenvalue weighted by atomic mass is 35.5. The molecule has 2 aromatic carbocycles. The van der Waals surface area contributed by atoms with Crippen LogP contribution in [0.1, 0.15) is 10.4 Å². The van der Waals surface area contributed by atoms with Gasteiger partial charge in [-0.1, -0.05) is 17.7 Å². The molecular weight excluding hydrogens is 344 g/mol. The van der Waals surface area contributed by atoms with E-state index in [1.165, 1.54) is 20.3 Å². The lowest BCUT2D eigenvalue weighted by Crippen LogP contribution is -2.12. The van der Waals surface area contributed by atoms with Gasteiger partial charge in [-0.15, -0.1) is 10.2 Å². The quantitative estimate of drug-likeness (QED) is 0.757. The SMILES string of the molecule is COc1cc(C(=O)Nc2cccc(-n3cnnc3)c2)cc(Cl)c1OC. The summed E-state index contributed by atoms with van der Waals surface area (Å²) in [6, 6.07) is 10.4.